The molecule has 156 valence electrons. The molecule has 4 rings (SSSR count). The molecule has 1 atom stereocenters. The van der Waals surface area contributed by atoms with Gasteiger partial charge in [-0.3, -0.25) is 9.59 Å². The number of carbonyl (C=O) groups is 2. The summed E-state index contributed by atoms with van der Waals surface area (Å²) in [6, 6.07) is 15.1. The number of ether oxygens (including phenoxy) is 1. The lowest BCUT2D eigenvalue weighted by molar-refractivity contribution is -0.152. The highest BCUT2D eigenvalue weighted by molar-refractivity contribution is 5.95. The highest BCUT2D eigenvalue weighted by atomic mass is 16.5. The van der Waals surface area contributed by atoms with Crippen LogP contribution >= 0.6 is 0 Å². The Bertz CT molecular complexity index is 1020. The maximum Gasteiger partial charge on any atom is 0.312 e. The van der Waals surface area contributed by atoms with E-state index in [1.165, 1.54) is 19.3 Å². The first-order valence-corrected chi connectivity index (χ1v) is 10.3. The molecule has 1 aliphatic rings. The molecule has 1 saturated heterocycles. The molecule has 1 fully saturated rings. The number of carbonyl (C=O) groups excluding carboxylic acids is 2. The van der Waals surface area contributed by atoms with Gasteiger partial charge in [0.2, 0.25) is 0 Å². The molecular formula is C23H25N3O4. The number of amides is 1. The summed E-state index contributed by atoms with van der Waals surface area (Å²) in [6.07, 6.45) is 2.74. The van der Waals surface area contributed by atoms with Crippen LogP contribution in [0.1, 0.15) is 31.9 Å². The van der Waals surface area contributed by atoms with Crippen molar-refractivity contribution < 1.29 is 18.8 Å². The molecule has 30 heavy (non-hydrogen) atoms. The number of nitrogens with one attached hydrogen (secondary N) is 1. The summed E-state index contributed by atoms with van der Waals surface area (Å²) >= 11 is 0. The molecular weight excluding hydrogens is 382 g/mol. The second-order valence-electron chi connectivity index (χ2n) is 7.52. The van der Waals surface area contributed by atoms with Crippen molar-refractivity contribution in [3.05, 3.63) is 54.2 Å². The lowest BCUT2D eigenvalue weighted by atomic mass is 10.1. The first-order chi connectivity index (χ1) is 14.6. The number of fused-ring (bicyclic) bond motifs is 1. The molecule has 7 nitrogen and oxygen atoms in total. The van der Waals surface area contributed by atoms with E-state index in [1.807, 2.05) is 42.5 Å². The van der Waals surface area contributed by atoms with Crippen LogP contribution in [0.4, 0.5) is 11.4 Å². The maximum absolute atomic E-state index is 12.4. The molecule has 0 aliphatic carbocycles. The van der Waals surface area contributed by atoms with Gasteiger partial charge < -0.3 is 19.5 Å². The first kappa shape index (κ1) is 19.9. The summed E-state index contributed by atoms with van der Waals surface area (Å²) in [5, 5.41) is 7.48. The minimum Gasteiger partial charge on any atom is -0.452 e. The standard InChI is InChI=1S/C23H25N3O4/c1-16(29-22(27)15-20-19-7-3-4-8-21(19)30-25-20)23(28)24-17-9-11-18(12-10-17)26-13-5-2-6-14-26/h3-4,7-12,16H,2,5-6,13-15H2,1H3,(H,24,28)/t16-/m1/s1. The van der Waals surface area contributed by atoms with Gasteiger partial charge in [0, 0.05) is 29.9 Å². The minimum absolute atomic E-state index is 0.0564. The van der Waals surface area contributed by atoms with E-state index >= 15 is 0 Å². The smallest absolute Gasteiger partial charge is 0.312 e. The number of nitrogens with zero attached hydrogens (tertiary/aromatic N) is 2. The van der Waals surface area contributed by atoms with Crippen molar-refractivity contribution in [2.75, 3.05) is 23.3 Å². The summed E-state index contributed by atoms with van der Waals surface area (Å²) in [7, 11) is 0. The largest absolute Gasteiger partial charge is 0.452 e. The van der Waals surface area contributed by atoms with Crippen molar-refractivity contribution in [2.45, 2.75) is 38.7 Å². The summed E-state index contributed by atoms with van der Waals surface area (Å²) in [6.45, 7) is 3.69. The number of para-hydroxylation sites is 1. The van der Waals surface area contributed by atoms with Gasteiger partial charge in [0.05, 0.1) is 6.42 Å². The molecule has 1 N–H and O–H groups in total. The fourth-order valence-corrected chi connectivity index (χ4v) is 3.65. The Balaban J connectivity index is 1.30. The molecule has 1 aromatic heterocycles. The van der Waals surface area contributed by atoms with Crippen LogP contribution in [0.3, 0.4) is 0 Å². The second kappa shape index (κ2) is 8.98. The molecule has 0 radical (unpaired) electrons. The molecule has 0 spiro atoms. The van der Waals surface area contributed by atoms with E-state index < -0.39 is 12.1 Å². The predicted molar refractivity (Wildman–Crippen MR) is 114 cm³/mol. The zero-order valence-corrected chi connectivity index (χ0v) is 17.0. The summed E-state index contributed by atoms with van der Waals surface area (Å²) in [4.78, 5) is 27.0. The second-order valence-corrected chi connectivity index (χ2v) is 7.52. The van der Waals surface area contributed by atoms with Gasteiger partial charge in [-0.2, -0.15) is 0 Å². The Hall–Kier alpha value is -3.35. The summed E-state index contributed by atoms with van der Waals surface area (Å²) in [5.74, 6) is -0.906. The van der Waals surface area contributed by atoms with Crippen LogP contribution in [0.2, 0.25) is 0 Å². The lowest BCUT2D eigenvalue weighted by Gasteiger charge is -2.28. The molecule has 2 aromatic carbocycles. The van der Waals surface area contributed by atoms with Gasteiger partial charge in [0.15, 0.2) is 11.7 Å². The Labute approximate surface area is 175 Å². The van der Waals surface area contributed by atoms with Crippen molar-refractivity contribution in [1.29, 1.82) is 0 Å². The normalized spacial score (nSPS) is 15.0. The highest BCUT2D eigenvalue weighted by Crippen LogP contribution is 2.22. The van der Waals surface area contributed by atoms with E-state index in [9.17, 15) is 9.59 Å². The monoisotopic (exact) mass is 407 g/mol. The number of anilines is 2. The molecule has 1 aliphatic heterocycles. The molecule has 2 heterocycles. The van der Waals surface area contributed by atoms with Crippen molar-refractivity contribution in [2.24, 2.45) is 0 Å². The van der Waals surface area contributed by atoms with Crippen LogP contribution in [0.25, 0.3) is 11.0 Å². The maximum atomic E-state index is 12.4. The lowest BCUT2D eigenvalue weighted by Crippen LogP contribution is -2.31. The fourth-order valence-electron chi connectivity index (χ4n) is 3.65. The van der Waals surface area contributed by atoms with Crippen LogP contribution in [-0.4, -0.2) is 36.2 Å². The number of hydrogen-bond acceptors (Lipinski definition) is 6. The number of hydrogen-bond donors (Lipinski definition) is 1. The number of piperidine rings is 1. The van der Waals surface area contributed by atoms with Crippen LogP contribution in [0.5, 0.6) is 0 Å². The van der Waals surface area contributed by atoms with Gasteiger partial charge in [-0.15, -0.1) is 0 Å². The van der Waals surface area contributed by atoms with Crippen molar-refractivity contribution in [1.82, 2.24) is 5.16 Å². The number of aromatic nitrogens is 1. The van der Waals surface area contributed by atoms with Crippen LogP contribution in [0.15, 0.2) is 53.1 Å². The van der Waals surface area contributed by atoms with Crippen molar-refractivity contribution in [3.8, 4) is 0 Å². The van der Waals surface area contributed by atoms with Gasteiger partial charge in [0.1, 0.15) is 5.69 Å². The van der Waals surface area contributed by atoms with Gasteiger partial charge in [0.25, 0.3) is 5.91 Å². The van der Waals surface area contributed by atoms with Gasteiger partial charge in [-0.25, -0.2) is 0 Å². The minimum atomic E-state index is -0.919. The Morgan fingerprint density at radius 3 is 2.60 bits per heavy atom. The molecule has 7 heteroatoms. The molecule has 1 amide bonds. The van der Waals surface area contributed by atoms with E-state index in [0.717, 1.165) is 24.2 Å². The molecule has 0 saturated carbocycles. The zero-order chi connectivity index (χ0) is 20.9. The van der Waals surface area contributed by atoms with Gasteiger partial charge in [-0.1, -0.05) is 17.3 Å². The van der Waals surface area contributed by atoms with Crippen LogP contribution in [0, 0.1) is 0 Å². The van der Waals surface area contributed by atoms with E-state index in [1.54, 1.807) is 13.0 Å². The molecule has 3 aromatic rings. The predicted octanol–water partition coefficient (Wildman–Crippen LogP) is 3.93. The number of benzene rings is 2. The third-order valence-corrected chi connectivity index (χ3v) is 5.30. The molecule has 0 unspecified atom stereocenters. The van der Waals surface area contributed by atoms with Gasteiger partial charge >= 0.3 is 5.97 Å². The highest BCUT2D eigenvalue weighted by Gasteiger charge is 2.20. The third kappa shape index (κ3) is 4.62. The first-order valence-electron chi connectivity index (χ1n) is 10.3. The van der Waals surface area contributed by atoms with E-state index in [-0.39, 0.29) is 12.3 Å². The van der Waals surface area contributed by atoms with Gasteiger partial charge in [-0.05, 0) is 62.6 Å². The van der Waals surface area contributed by atoms with Crippen molar-refractivity contribution in [3.63, 3.8) is 0 Å². The Morgan fingerprint density at radius 2 is 1.83 bits per heavy atom. The van der Waals surface area contributed by atoms with Crippen LogP contribution < -0.4 is 10.2 Å². The van der Waals surface area contributed by atoms with Crippen LogP contribution in [-0.2, 0) is 20.7 Å². The fraction of sp³-hybridized carbons (Fsp3) is 0.348. The Kier molecular flexibility index (Phi) is 5.97. The van der Waals surface area contributed by atoms with Crippen molar-refractivity contribution >= 4 is 34.2 Å². The average Bonchev–Trinajstić information content (AvgIpc) is 3.17. The van der Waals surface area contributed by atoms with E-state index in [0.29, 0.717) is 17.0 Å². The zero-order valence-electron chi connectivity index (χ0n) is 17.0. The Morgan fingerprint density at radius 1 is 1.10 bits per heavy atom. The molecule has 0 bridgehead atoms. The van der Waals surface area contributed by atoms with E-state index in [4.69, 9.17) is 9.26 Å². The average molecular weight is 407 g/mol. The quantitative estimate of drug-likeness (QED) is 0.623. The SMILES string of the molecule is C[C@@H](OC(=O)Cc1noc2ccccc12)C(=O)Nc1ccc(N2CCCCC2)cc1. The third-order valence-electron chi connectivity index (χ3n) is 5.30. The summed E-state index contributed by atoms with van der Waals surface area (Å²) in [5.41, 5.74) is 2.94. The summed E-state index contributed by atoms with van der Waals surface area (Å²) < 4.78 is 10.5. The number of rotatable bonds is 6. The topological polar surface area (TPSA) is 84.7 Å². The number of esters is 1. The van der Waals surface area contributed by atoms with E-state index in [2.05, 4.69) is 15.4 Å².